The molecule has 3 rings (SSSR count). The second kappa shape index (κ2) is 6.20. The Labute approximate surface area is 141 Å². The molecule has 2 aromatic rings. The molecule has 1 aliphatic rings. The topological polar surface area (TPSA) is 47.0 Å². The number of thioether (sulfide) groups is 1. The van der Waals surface area contributed by atoms with Gasteiger partial charge in [0.05, 0.1) is 12.8 Å². The van der Waals surface area contributed by atoms with Gasteiger partial charge < -0.3 is 10.1 Å². The number of aromatic nitrogens is 2. The Morgan fingerprint density at radius 1 is 1.43 bits per heavy atom. The number of para-hydroxylation sites is 2. The number of hydrogen-bond donors (Lipinski definition) is 1. The van der Waals surface area contributed by atoms with Crippen molar-refractivity contribution in [2.45, 2.75) is 15.1 Å². The number of nitrogens with one attached hydrogen (secondary N) is 1. The van der Waals surface area contributed by atoms with E-state index in [1.54, 1.807) is 18.9 Å². The molecule has 0 radical (unpaired) electrons. The SMILES string of the molecule is COc1ccccc1Nc1nnc(SCC2CC2(Cl)Cl)s1. The van der Waals surface area contributed by atoms with Crippen LogP contribution in [0.5, 0.6) is 5.75 Å². The highest BCUT2D eigenvalue weighted by atomic mass is 35.5. The smallest absolute Gasteiger partial charge is 0.210 e. The molecule has 1 fully saturated rings. The van der Waals surface area contributed by atoms with Gasteiger partial charge in [-0.25, -0.2) is 0 Å². The Morgan fingerprint density at radius 3 is 2.90 bits per heavy atom. The maximum absolute atomic E-state index is 6.01. The van der Waals surface area contributed by atoms with Crippen molar-refractivity contribution in [2.24, 2.45) is 5.92 Å². The van der Waals surface area contributed by atoms with Crippen molar-refractivity contribution in [2.75, 3.05) is 18.2 Å². The minimum absolute atomic E-state index is 0.348. The molecule has 112 valence electrons. The van der Waals surface area contributed by atoms with Crippen molar-refractivity contribution < 1.29 is 4.74 Å². The molecule has 1 N–H and O–H groups in total. The molecule has 4 nitrogen and oxygen atoms in total. The number of hydrogen-bond acceptors (Lipinski definition) is 6. The molecule has 1 atom stereocenters. The standard InChI is InChI=1S/C13H13Cl2N3OS2/c1-19-10-5-3-2-4-9(10)16-11-17-18-12(21-11)20-7-8-6-13(8,14)15/h2-5,8H,6-7H2,1H3,(H,16,17). The van der Waals surface area contributed by atoms with Crippen molar-refractivity contribution in [3.8, 4) is 5.75 Å². The molecular formula is C13H13Cl2N3OS2. The van der Waals surface area contributed by atoms with Gasteiger partial charge in [0.25, 0.3) is 0 Å². The molecule has 0 aliphatic heterocycles. The summed E-state index contributed by atoms with van der Waals surface area (Å²) < 4.78 is 5.67. The summed E-state index contributed by atoms with van der Waals surface area (Å²) in [5.41, 5.74) is 0.871. The summed E-state index contributed by atoms with van der Waals surface area (Å²) >= 11 is 15.2. The van der Waals surface area contributed by atoms with Gasteiger partial charge in [-0.3, -0.25) is 0 Å². The van der Waals surface area contributed by atoms with Gasteiger partial charge in [0.15, 0.2) is 4.34 Å². The summed E-state index contributed by atoms with van der Waals surface area (Å²) in [6, 6.07) is 7.69. The van der Waals surface area contributed by atoms with Crippen LogP contribution in [-0.4, -0.2) is 27.4 Å². The van der Waals surface area contributed by atoms with Gasteiger partial charge >= 0.3 is 0 Å². The third-order valence-corrected chi connectivity index (χ3v) is 6.18. The summed E-state index contributed by atoms with van der Waals surface area (Å²) in [6.07, 6.45) is 0.855. The molecule has 0 spiro atoms. The molecule has 21 heavy (non-hydrogen) atoms. The zero-order valence-corrected chi connectivity index (χ0v) is 14.3. The highest BCUT2D eigenvalue weighted by Crippen LogP contribution is 2.55. The third-order valence-electron chi connectivity index (χ3n) is 3.12. The first-order valence-corrected chi connectivity index (χ1v) is 8.88. The van der Waals surface area contributed by atoms with Gasteiger partial charge in [0.2, 0.25) is 5.13 Å². The molecule has 1 saturated carbocycles. The second-order valence-corrected chi connectivity index (χ2v) is 8.46. The Hall–Kier alpha value is -0.690. The molecule has 1 aromatic heterocycles. The number of benzene rings is 1. The Morgan fingerprint density at radius 2 is 2.19 bits per heavy atom. The van der Waals surface area contributed by atoms with Crippen molar-refractivity contribution in [3.05, 3.63) is 24.3 Å². The number of anilines is 2. The quantitative estimate of drug-likeness (QED) is 0.602. The van der Waals surface area contributed by atoms with Crippen LogP contribution in [-0.2, 0) is 0 Å². The number of alkyl halides is 2. The van der Waals surface area contributed by atoms with E-state index < -0.39 is 4.33 Å². The van der Waals surface area contributed by atoms with Crippen molar-refractivity contribution in [1.29, 1.82) is 0 Å². The monoisotopic (exact) mass is 361 g/mol. The number of methoxy groups -OCH3 is 1. The summed E-state index contributed by atoms with van der Waals surface area (Å²) in [6.45, 7) is 0. The summed E-state index contributed by atoms with van der Waals surface area (Å²) in [7, 11) is 1.64. The molecule has 1 unspecified atom stereocenters. The van der Waals surface area contributed by atoms with Crippen LogP contribution >= 0.6 is 46.3 Å². The van der Waals surface area contributed by atoms with Crippen LogP contribution in [0.1, 0.15) is 6.42 Å². The fraction of sp³-hybridized carbons (Fsp3) is 0.385. The van der Waals surface area contributed by atoms with Crippen LogP contribution in [0.2, 0.25) is 0 Å². The molecule has 0 bridgehead atoms. The summed E-state index contributed by atoms with van der Waals surface area (Å²) in [5.74, 6) is 1.99. The maximum Gasteiger partial charge on any atom is 0.210 e. The van der Waals surface area contributed by atoms with Crippen LogP contribution in [0.15, 0.2) is 28.6 Å². The summed E-state index contributed by atoms with van der Waals surface area (Å²) in [4.78, 5) is 0. The van der Waals surface area contributed by atoms with E-state index in [1.807, 2.05) is 24.3 Å². The highest BCUT2D eigenvalue weighted by molar-refractivity contribution is 8.01. The van der Waals surface area contributed by atoms with Gasteiger partial charge in [0.1, 0.15) is 10.1 Å². The lowest BCUT2D eigenvalue weighted by atomic mass is 10.3. The van der Waals surface area contributed by atoms with Gasteiger partial charge in [-0.05, 0) is 18.6 Å². The first-order valence-electron chi connectivity index (χ1n) is 6.32. The third kappa shape index (κ3) is 3.74. The van der Waals surface area contributed by atoms with E-state index in [4.69, 9.17) is 27.9 Å². The van der Waals surface area contributed by atoms with E-state index in [2.05, 4.69) is 15.5 Å². The van der Waals surface area contributed by atoms with E-state index in [0.29, 0.717) is 5.92 Å². The van der Waals surface area contributed by atoms with E-state index in [1.165, 1.54) is 11.3 Å². The molecular weight excluding hydrogens is 349 g/mol. The van der Waals surface area contributed by atoms with E-state index in [0.717, 1.165) is 33.1 Å². The van der Waals surface area contributed by atoms with Gasteiger partial charge in [0, 0.05) is 11.7 Å². The summed E-state index contributed by atoms with van der Waals surface area (Å²) in [5, 5.41) is 12.2. The van der Waals surface area contributed by atoms with Crippen molar-refractivity contribution in [1.82, 2.24) is 10.2 Å². The normalized spacial score (nSPS) is 19.3. The first kappa shape index (κ1) is 15.2. The average molecular weight is 362 g/mol. The molecule has 1 heterocycles. The minimum atomic E-state index is -0.532. The van der Waals surface area contributed by atoms with Gasteiger partial charge in [-0.2, -0.15) is 0 Å². The van der Waals surface area contributed by atoms with Crippen LogP contribution in [0.25, 0.3) is 0 Å². The van der Waals surface area contributed by atoms with Gasteiger partial charge in [-0.15, -0.1) is 33.4 Å². The lowest BCUT2D eigenvalue weighted by Crippen LogP contribution is -1.93. The second-order valence-electron chi connectivity index (χ2n) is 4.67. The lowest BCUT2D eigenvalue weighted by molar-refractivity contribution is 0.417. The van der Waals surface area contributed by atoms with Crippen LogP contribution in [0.3, 0.4) is 0 Å². The lowest BCUT2D eigenvalue weighted by Gasteiger charge is -2.07. The Bertz CT molecular complexity index is 635. The Kier molecular flexibility index (Phi) is 4.49. The van der Waals surface area contributed by atoms with Crippen LogP contribution in [0, 0.1) is 5.92 Å². The largest absolute Gasteiger partial charge is 0.495 e. The molecule has 8 heteroatoms. The molecule has 1 aromatic carbocycles. The zero-order chi connectivity index (χ0) is 14.9. The molecule has 1 aliphatic carbocycles. The van der Waals surface area contributed by atoms with Crippen molar-refractivity contribution in [3.63, 3.8) is 0 Å². The predicted octanol–water partition coefficient (Wildman–Crippen LogP) is 4.58. The number of halogens is 2. The fourth-order valence-electron chi connectivity index (χ4n) is 1.80. The molecule has 0 amide bonds. The maximum atomic E-state index is 6.01. The first-order chi connectivity index (χ1) is 10.1. The molecule has 0 saturated heterocycles. The van der Waals surface area contributed by atoms with E-state index in [-0.39, 0.29) is 0 Å². The fourth-order valence-corrected chi connectivity index (χ4v) is 4.52. The van der Waals surface area contributed by atoms with E-state index in [9.17, 15) is 0 Å². The highest BCUT2D eigenvalue weighted by Gasteiger charge is 2.51. The van der Waals surface area contributed by atoms with Gasteiger partial charge in [-0.1, -0.05) is 35.2 Å². The van der Waals surface area contributed by atoms with Crippen LogP contribution < -0.4 is 10.1 Å². The zero-order valence-electron chi connectivity index (χ0n) is 11.2. The number of nitrogens with zero attached hydrogens (tertiary/aromatic N) is 2. The van der Waals surface area contributed by atoms with Crippen LogP contribution in [0.4, 0.5) is 10.8 Å². The number of rotatable bonds is 6. The Balaban J connectivity index is 1.60. The van der Waals surface area contributed by atoms with Crippen molar-refractivity contribution >= 4 is 57.1 Å². The average Bonchev–Trinajstić information content (AvgIpc) is 2.86. The predicted molar refractivity (Wildman–Crippen MR) is 89.5 cm³/mol. The van der Waals surface area contributed by atoms with E-state index >= 15 is 0 Å². The number of ether oxygens (including phenoxy) is 1. The minimum Gasteiger partial charge on any atom is -0.495 e.